The topological polar surface area (TPSA) is 58.8 Å². The van der Waals surface area contributed by atoms with E-state index in [9.17, 15) is 4.79 Å². The minimum Gasteiger partial charge on any atom is -0.378 e. The largest absolute Gasteiger partial charge is 0.378 e. The molecular formula is C13H25N3O2. The zero-order valence-corrected chi connectivity index (χ0v) is 11.3. The lowest BCUT2D eigenvalue weighted by Crippen LogP contribution is -2.51. The molecule has 2 fully saturated rings. The molecule has 0 aliphatic carbocycles. The molecule has 5 nitrogen and oxygen atoms in total. The first-order chi connectivity index (χ1) is 8.72. The van der Waals surface area contributed by atoms with Crippen molar-refractivity contribution in [2.45, 2.75) is 25.9 Å². The van der Waals surface area contributed by atoms with Crippen LogP contribution in [-0.4, -0.2) is 67.7 Å². The number of hydrogen-bond donors (Lipinski definition) is 1. The summed E-state index contributed by atoms with van der Waals surface area (Å²) in [6.07, 6.45) is 2.02. The third-order valence-electron chi connectivity index (χ3n) is 4.06. The van der Waals surface area contributed by atoms with E-state index in [1.807, 2.05) is 11.8 Å². The van der Waals surface area contributed by atoms with Crippen molar-refractivity contribution in [1.29, 1.82) is 0 Å². The van der Waals surface area contributed by atoms with Gasteiger partial charge >= 0.3 is 0 Å². The van der Waals surface area contributed by atoms with Crippen molar-refractivity contribution in [2.24, 2.45) is 11.7 Å². The predicted octanol–water partition coefficient (Wildman–Crippen LogP) is -0.0956. The number of nitrogens with two attached hydrogens (primary N) is 1. The highest BCUT2D eigenvalue weighted by Crippen LogP contribution is 2.23. The van der Waals surface area contributed by atoms with E-state index < -0.39 is 0 Å². The number of amides is 1. The molecule has 0 aromatic heterocycles. The summed E-state index contributed by atoms with van der Waals surface area (Å²) in [6, 6.07) is 0. The van der Waals surface area contributed by atoms with Gasteiger partial charge in [-0.2, -0.15) is 0 Å². The minimum atomic E-state index is 0.0839. The summed E-state index contributed by atoms with van der Waals surface area (Å²) in [5, 5.41) is 0. The summed E-state index contributed by atoms with van der Waals surface area (Å²) >= 11 is 0. The molecule has 0 bridgehead atoms. The zero-order chi connectivity index (χ0) is 13.0. The van der Waals surface area contributed by atoms with Gasteiger partial charge in [0.05, 0.1) is 12.0 Å². The van der Waals surface area contributed by atoms with Crippen LogP contribution in [0.15, 0.2) is 0 Å². The van der Waals surface area contributed by atoms with E-state index >= 15 is 0 Å². The maximum absolute atomic E-state index is 12.3. The van der Waals surface area contributed by atoms with Crippen molar-refractivity contribution in [2.75, 3.05) is 45.9 Å². The number of carbonyl (C=O) groups is 1. The smallest absolute Gasteiger partial charge is 0.228 e. The van der Waals surface area contributed by atoms with Crippen LogP contribution in [0.1, 0.15) is 19.8 Å². The van der Waals surface area contributed by atoms with E-state index in [1.54, 1.807) is 0 Å². The van der Waals surface area contributed by atoms with Crippen molar-refractivity contribution in [1.82, 2.24) is 9.80 Å². The van der Waals surface area contributed by atoms with Crippen molar-refractivity contribution in [3.63, 3.8) is 0 Å². The molecule has 18 heavy (non-hydrogen) atoms. The number of nitrogens with zero attached hydrogens (tertiary/aromatic N) is 2. The first kappa shape index (κ1) is 13.8. The fourth-order valence-corrected chi connectivity index (χ4v) is 2.80. The molecule has 2 aliphatic rings. The predicted molar refractivity (Wildman–Crippen MR) is 70.2 cm³/mol. The van der Waals surface area contributed by atoms with Crippen LogP contribution in [0.2, 0.25) is 0 Å². The van der Waals surface area contributed by atoms with E-state index in [-0.39, 0.29) is 12.0 Å². The molecule has 2 rings (SSSR count). The van der Waals surface area contributed by atoms with Crippen LogP contribution in [-0.2, 0) is 9.53 Å². The van der Waals surface area contributed by atoms with Crippen LogP contribution in [0.25, 0.3) is 0 Å². The molecule has 2 heterocycles. The second-order valence-corrected chi connectivity index (χ2v) is 5.28. The average Bonchev–Trinajstić information content (AvgIpc) is 2.82. The molecule has 5 heteroatoms. The van der Waals surface area contributed by atoms with Gasteiger partial charge in [0.25, 0.3) is 0 Å². The van der Waals surface area contributed by atoms with Crippen LogP contribution in [0.4, 0.5) is 0 Å². The van der Waals surface area contributed by atoms with Gasteiger partial charge < -0.3 is 15.4 Å². The van der Waals surface area contributed by atoms with Crippen molar-refractivity contribution in [3.8, 4) is 0 Å². The Labute approximate surface area is 109 Å². The standard InChI is InChI=1S/C13H25N3O2/c1-11-12(3-10-18-11)13(17)16-8-6-15(7-9-16)5-2-4-14/h11-12H,2-10,14H2,1H3. The Morgan fingerprint density at radius 2 is 2.06 bits per heavy atom. The number of carbonyl (C=O) groups excluding carboxylic acids is 1. The van der Waals surface area contributed by atoms with Crippen LogP contribution < -0.4 is 5.73 Å². The van der Waals surface area contributed by atoms with Crippen LogP contribution >= 0.6 is 0 Å². The highest BCUT2D eigenvalue weighted by molar-refractivity contribution is 5.79. The number of rotatable bonds is 4. The number of piperazine rings is 1. The first-order valence-electron chi connectivity index (χ1n) is 7.05. The maximum atomic E-state index is 12.3. The van der Waals surface area contributed by atoms with Crippen LogP contribution in [0.3, 0.4) is 0 Å². The summed E-state index contributed by atoms with van der Waals surface area (Å²) in [7, 11) is 0. The zero-order valence-electron chi connectivity index (χ0n) is 11.3. The molecule has 1 amide bonds. The summed E-state index contributed by atoms with van der Waals surface area (Å²) < 4.78 is 5.48. The molecule has 0 spiro atoms. The normalized spacial score (nSPS) is 29.8. The second kappa shape index (κ2) is 6.50. The fourth-order valence-electron chi connectivity index (χ4n) is 2.80. The molecule has 2 atom stereocenters. The lowest BCUT2D eigenvalue weighted by atomic mass is 10.0. The summed E-state index contributed by atoms with van der Waals surface area (Å²) in [4.78, 5) is 16.7. The lowest BCUT2D eigenvalue weighted by Gasteiger charge is -2.36. The molecule has 0 aromatic carbocycles. The molecule has 104 valence electrons. The number of ether oxygens (including phenoxy) is 1. The third-order valence-corrected chi connectivity index (χ3v) is 4.06. The molecule has 2 unspecified atom stereocenters. The molecule has 2 N–H and O–H groups in total. The van der Waals surface area contributed by atoms with Gasteiger partial charge in [0.1, 0.15) is 0 Å². The van der Waals surface area contributed by atoms with Gasteiger partial charge in [-0.1, -0.05) is 0 Å². The van der Waals surface area contributed by atoms with Crippen LogP contribution in [0.5, 0.6) is 0 Å². The molecule has 2 saturated heterocycles. The fraction of sp³-hybridized carbons (Fsp3) is 0.923. The summed E-state index contributed by atoms with van der Waals surface area (Å²) in [5.74, 6) is 0.374. The maximum Gasteiger partial charge on any atom is 0.228 e. The average molecular weight is 255 g/mol. The summed E-state index contributed by atoms with van der Waals surface area (Å²) in [5.41, 5.74) is 5.51. The van der Waals surface area contributed by atoms with Crippen LogP contribution in [0, 0.1) is 5.92 Å². The van der Waals surface area contributed by atoms with E-state index in [1.165, 1.54) is 0 Å². The third kappa shape index (κ3) is 3.22. The van der Waals surface area contributed by atoms with Crippen molar-refractivity contribution >= 4 is 5.91 Å². The second-order valence-electron chi connectivity index (χ2n) is 5.28. The van der Waals surface area contributed by atoms with Crippen molar-refractivity contribution in [3.05, 3.63) is 0 Å². The Morgan fingerprint density at radius 3 is 2.61 bits per heavy atom. The quantitative estimate of drug-likeness (QED) is 0.762. The Balaban J connectivity index is 1.77. The lowest BCUT2D eigenvalue weighted by molar-refractivity contribution is -0.138. The molecular weight excluding hydrogens is 230 g/mol. The highest BCUT2D eigenvalue weighted by Gasteiger charge is 2.34. The Bertz CT molecular complexity index is 277. The highest BCUT2D eigenvalue weighted by atomic mass is 16.5. The SMILES string of the molecule is CC1OCCC1C(=O)N1CCN(CCCN)CC1. The van der Waals surface area contributed by atoms with E-state index in [0.717, 1.165) is 58.7 Å². The molecule has 2 aliphatic heterocycles. The van der Waals surface area contributed by atoms with Gasteiger partial charge in [0.15, 0.2) is 0 Å². The van der Waals surface area contributed by atoms with E-state index in [2.05, 4.69) is 4.90 Å². The number of hydrogen-bond acceptors (Lipinski definition) is 4. The van der Waals surface area contributed by atoms with Gasteiger partial charge in [0.2, 0.25) is 5.91 Å². The van der Waals surface area contributed by atoms with Gasteiger partial charge in [-0.05, 0) is 32.9 Å². The Kier molecular flexibility index (Phi) is 4.97. The minimum absolute atomic E-state index is 0.0839. The molecule has 0 aromatic rings. The summed E-state index contributed by atoms with van der Waals surface area (Å²) in [6.45, 7) is 8.21. The van der Waals surface area contributed by atoms with Gasteiger partial charge in [-0.3, -0.25) is 9.69 Å². The van der Waals surface area contributed by atoms with E-state index in [0.29, 0.717) is 5.91 Å². The molecule has 0 radical (unpaired) electrons. The van der Waals surface area contributed by atoms with E-state index in [4.69, 9.17) is 10.5 Å². The monoisotopic (exact) mass is 255 g/mol. The van der Waals surface area contributed by atoms with Gasteiger partial charge in [0, 0.05) is 32.8 Å². The van der Waals surface area contributed by atoms with Gasteiger partial charge in [-0.15, -0.1) is 0 Å². The Hall–Kier alpha value is -0.650. The molecule has 0 saturated carbocycles. The van der Waals surface area contributed by atoms with Crippen molar-refractivity contribution < 1.29 is 9.53 Å². The Morgan fingerprint density at radius 1 is 1.33 bits per heavy atom. The first-order valence-corrected chi connectivity index (χ1v) is 7.05. The van der Waals surface area contributed by atoms with Gasteiger partial charge in [-0.25, -0.2) is 0 Å².